The van der Waals surface area contributed by atoms with Gasteiger partial charge in [0, 0.05) is 11.8 Å². The molecule has 1 aromatic heterocycles. The van der Waals surface area contributed by atoms with Crippen molar-refractivity contribution >= 4 is 17.6 Å². The first-order valence-corrected chi connectivity index (χ1v) is 6.89. The number of carbonyl (C=O) groups excluding carboxylic acids is 2. The van der Waals surface area contributed by atoms with E-state index >= 15 is 0 Å². The number of benzene rings is 1. The molecule has 1 atom stereocenters. The molecule has 1 N–H and O–H groups in total. The Balaban J connectivity index is 2.00. The van der Waals surface area contributed by atoms with E-state index in [-0.39, 0.29) is 5.76 Å². The number of carbonyl (C=O) groups is 2. The Labute approximate surface area is 128 Å². The lowest BCUT2D eigenvalue weighted by Gasteiger charge is -2.14. The van der Waals surface area contributed by atoms with E-state index in [1.807, 2.05) is 32.0 Å². The SMILES string of the molecule is Cc1ccc(C)c(NC(=O)[C@@H](C)OC(=O)c2cc(C)no2)c1. The van der Waals surface area contributed by atoms with Gasteiger partial charge in [-0.3, -0.25) is 4.79 Å². The molecule has 0 aliphatic rings. The first kappa shape index (κ1) is 15.8. The number of aromatic nitrogens is 1. The molecule has 0 aliphatic carbocycles. The molecule has 2 rings (SSSR count). The lowest BCUT2D eigenvalue weighted by atomic mass is 10.1. The van der Waals surface area contributed by atoms with Crippen LogP contribution in [0.5, 0.6) is 0 Å². The molecule has 6 nitrogen and oxygen atoms in total. The zero-order valence-corrected chi connectivity index (χ0v) is 13.0. The summed E-state index contributed by atoms with van der Waals surface area (Å²) < 4.78 is 9.87. The Morgan fingerprint density at radius 2 is 1.95 bits per heavy atom. The number of hydrogen-bond acceptors (Lipinski definition) is 5. The van der Waals surface area contributed by atoms with Gasteiger partial charge in [0.15, 0.2) is 6.10 Å². The smallest absolute Gasteiger partial charge is 0.377 e. The molecule has 22 heavy (non-hydrogen) atoms. The van der Waals surface area contributed by atoms with E-state index in [1.165, 1.54) is 13.0 Å². The highest BCUT2D eigenvalue weighted by Crippen LogP contribution is 2.17. The molecule has 116 valence electrons. The zero-order chi connectivity index (χ0) is 16.3. The third-order valence-electron chi connectivity index (χ3n) is 3.13. The Morgan fingerprint density at radius 1 is 1.23 bits per heavy atom. The lowest BCUT2D eigenvalue weighted by molar-refractivity contribution is -0.123. The van der Waals surface area contributed by atoms with Crippen LogP contribution >= 0.6 is 0 Å². The van der Waals surface area contributed by atoms with Crippen LogP contribution in [0.3, 0.4) is 0 Å². The second kappa shape index (κ2) is 6.43. The van der Waals surface area contributed by atoms with E-state index in [0.29, 0.717) is 11.4 Å². The van der Waals surface area contributed by atoms with Gasteiger partial charge in [-0.25, -0.2) is 4.79 Å². The van der Waals surface area contributed by atoms with Crippen molar-refractivity contribution in [1.29, 1.82) is 0 Å². The summed E-state index contributed by atoms with van der Waals surface area (Å²) >= 11 is 0. The molecule has 2 aromatic rings. The summed E-state index contributed by atoms with van der Waals surface area (Å²) in [6.45, 7) is 7.02. The number of hydrogen-bond donors (Lipinski definition) is 1. The number of ether oxygens (including phenoxy) is 1. The van der Waals surface area contributed by atoms with Gasteiger partial charge in [0.05, 0.1) is 5.69 Å². The van der Waals surface area contributed by atoms with E-state index in [0.717, 1.165) is 11.1 Å². The zero-order valence-electron chi connectivity index (χ0n) is 13.0. The lowest BCUT2D eigenvalue weighted by Crippen LogP contribution is -2.30. The van der Waals surface area contributed by atoms with Gasteiger partial charge in [-0.1, -0.05) is 17.3 Å². The average molecular weight is 302 g/mol. The molecule has 1 aromatic carbocycles. The molecule has 0 saturated heterocycles. The van der Waals surface area contributed by atoms with Gasteiger partial charge in [0.25, 0.3) is 5.91 Å². The molecule has 0 radical (unpaired) electrons. The maximum absolute atomic E-state index is 12.1. The summed E-state index contributed by atoms with van der Waals surface area (Å²) in [5, 5.41) is 6.35. The predicted molar refractivity (Wildman–Crippen MR) is 80.7 cm³/mol. The number of rotatable bonds is 4. The molecule has 0 unspecified atom stereocenters. The summed E-state index contributed by atoms with van der Waals surface area (Å²) in [4.78, 5) is 23.9. The van der Waals surface area contributed by atoms with Gasteiger partial charge in [-0.05, 0) is 44.9 Å². The number of amides is 1. The topological polar surface area (TPSA) is 81.4 Å². The molecular formula is C16H18N2O4. The number of aryl methyl sites for hydroxylation is 3. The van der Waals surface area contributed by atoms with Crippen LogP contribution in [0.1, 0.15) is 34.3 Å². The normalized spacial score (nSPS) is 11.8. The molecule has 0 aliphatic heterocycles. The molecule has 0 bridgehead atoms. The van der Waals surface area contributed by atoms with Crippen LogP contribution in [0.25, 0.3) is 0 Å². The molecular weight excluding hydrogens is 284 g/mol. The molecule has 0 fully saturated rings. The molecule has 0 saturated carbocycles. The Hall–Kier alpha value is -2.63. The summed E-state index contributed by atoms with van der Waals surface area (Å²) in [6, 6.07) is 7.19. The summed E-state index contributed by atoms with van der Waals surface area (Å²) in [5.41, 5.74) is 3.23. The van der Waals surface area contributed by atoms with Crippen LogP contribution < -0.4 is 5.32 Å². The Morgan fingerprint density at radius 3 is 2.59 bits per heavy atom. The summed E-state index contributed by atoms with van der Waals surface area (Å²) in [7, 11) is 0. The first-order chi connectivity index (χ1) is 10.4. The second-order valence-corrected chi connectivity index (χ2v) is 5.19. The van der Waals surface area contributed by atoms with Crippen molar-refractivity contribution in [2.75, 3.05) is 5.32 Å². The van der Waals surface area contributed by atoms with Crippen LogP contribution in [-0.4, -0.2) is 23.1 Å². The van der Waals surface area contributed by atoms with Crippen molar-refractivity contribution in [1.82, 2.24) is 5.16 Å². The number of esters is 1. The number of nitrogens with one attached hydrogen (secondary N) is 1. The van der Waals surface area contributed by atoms with Crippen LogP contribution in [0, 0.1) is 20.8 Å². The highest BCUT2D eigenvalue weighted by molar-refractivity contribution is 5.97. The Kier molecular flexibility index (Phi) is 4.60. The predicted octanol–water partition coefficient (Wildman–Crippen LogP) is 2.78. The molecule has 1 heterocycles. The fourth-order valence-corrected chi connectivity index (χ4v) is 1.84. The highest BCUT2D eigenvalue weighted by Gasteiger charge is 2.22. The van der Waals surface area contributed by atoms with Crippen LogP contribution in [0.15, 0.2) is 28.8 Å². The monoisotopic (exact) mass is 302 g/mol. The van der Waals surface area contributed by atoms with Gasteiger partial charge in [0.2, 0.25) is 5.76 Å². The van der Waals surface area contributed by atoms with Crippen molar-refractivity contribution < 1.29 is 18.8 Å². The van der Waals surface area contributed by atoms with Crippen molar-refractivity contribution in [3.8, 4) is 0 Å². The fourth-order valence-electron chi connectivity index (χ4n) is 1.84. The number of nitrogens with zero attached hydrogens (tertiary/aromatic N) is 1. The fraction of sp³-hybridized carbons (Fsp3) is 0.312. The average Bonchev–Trinajstić information content (AvgIpc) is 2.89. The van der Waals surface area contributed by atoms with E-state index < -0.39 is 18.0 Å². The molecule has 1 amide bonds. The van der Waals surface area contributed by atoms with Crippen molar-refractivity contribution in [3.63, 3.8) is 0 Å². The Bertz CT molecular complexity index is 706. The van der Waals surface area contributed by atoms with E-state index in [9.17, 15) is 9.59 Å². The summed E-state index contributed by atoms with van der Waals surface area (Å²) in [6.07, 6.45) is -0.946. The van der Waals surface area contributed by atoms with Gasteiger partial charge >= 0.3 is 5.97 Å². The van der Waals surface area contributed by atoms with Gasteiger partial charge in [-0.2, -0.15) is 0 Å². The van der Waals surface area contributed by atoms with Crippen molar-refractivity contribution in [2.45, 2.75) is 33.8 Å². The maximum atomic E-state index is 12.1. The second-order valence-electron chi connectivity index (χ2n) is 5.19. The van der Waals surface area contributed by atoms with Gasteiger partial charge in [-0.15, -0.1) is 0 Å². The third kappa shape index (κ3) is 3.72. The maximum Gasteiger partial charge on any atom is 0.377 e. The number of anilines is 1. The van der Waals surface area contributed by atoms with E-state index in [2.05, 4.69) is 10.5 Å². The first-order valence-electron chi connectivity index (χ1n) is 6.89. The van der Waals surface area contributed by atoms with Gasteiger partial charge in [0.1, 0.15) is 0 Å². The summed E-state index contributed by atoms with van der Waals surface area (Å²) in [5.74, 6) is -1.15. The minimum atomic E-state index is -0.946. The minimum Gasteiger partial charge on any atom is -0.447 e. The van der Waals surface area contributed by atoms with E-state index in [1.54, 1.807) is 6.92 Å². The molecule has 0 spiro atoms. The van der Waals surface area contributed by atoms with Crippen LogP contribution in [0.4, 0.5) is 5.69 Å². The van der Waals surface area contributed by atoms with Crippen LogP contribution in [0.2, 0.25) is 0 Å². The van der Waals surface area contributed by atoms with Crippen molar-refractivity contribution in [2.24, 2.45) is 0 Å². The highest BCUT2D eigenvalue weighted by atomic mass is 16.6. The van der Waals surface area contributed by atoms with Gasteiger partial charge < -0.3 is 14.6 Å². The molecule has 6 heteroatoms. The quantitative estimate of drug-likeness (QED) is 0.878. The van der Waals surface area contributed by atoms with E-state index in [4.69, 9.17) is 9.26 Å². The standard InChI is InChI=1S/C16H18N2O4/c1-9-5-6-10(2)13(7-9)17-15(19)12(4)21-16(20)14-8-11(3)18-22-14/h5-8,12H,1-4H3,(H,17,19)/t12-/m1/s1. The largest absolute Gasteiger partial charge is 0.447 e. The van der Waals surface area contributed by atoms with Crippen molar-refractivity contribution in [3.05, 3.63) is 46.8 Å². The van der Waals surface area contributed by atoms with Crippen LogP contribution in [-0.2, 0) is 9.53 Å². The third-order valence-corrected chi connectivity index (χ3v) is 3.13. The minimum absolute atomic E-state index is 0.0242.